The summed E-state index contributed by atoms with van der Waals surface area (Å²) >= 11 is 0. The Balaban J connectivity index is 2.37. The van der Waals surface area contributed by atoms with Crippen molar-refractivity contribution in [3.05, 3.63) is 23.5 Å². The van der Waals surface area contributed by atoms with Crippen LogP contribution in [0.15, 0.2) is 17.0 Å². The Kier molecular flexibility index (Phi) is 3.55. The van der Waals surface area contributed by atoms with E-state index in [1.54, 1.807) is 6.92 Å². The highest BCUT2D eigenvalue weighted by Crippen LogP contribution is 2.33. The van der Waals surface area contributed by atoms with Gasteiger partial charge in [0, 0.05) is 5.69 Å². The second kappa shape index (κ2) is 4.73. The van der Waals surface area contributed by atoms with E-state index in [-0.39, 0.29) is 12.3 Å². The third-order valence-corrected chi connectivity index (χ3v) is 5.17. The van der Waals surface area contributed by atoms with Crippen LogP contribution in [0.1, 0.15) is 24.8 Å². The molecule has 0 spiro atoms. The molecule has 0 atom stereocenters. The Morgan fingerprint density at radius 2 is 2.11 bits per heavy atom. The topological polar surface area (TPSA) is 92.4 Å². The summed E-state index contributed by atoms with van der Waals surface area (Å²) in [4.78, 5) is -0.477. The quantitative estimate of drug-likeness (QED) is 0.718. The van der Waals surface area contributed by atoms with Gasteiger partial charge in [0.2, 0.25) is 10.0 Å². The van der Waals surface area contributed by atoms with Gasteiger partial charge in [-0.3, -0.25) is 0 Å². The highest BCUT2D eigenvalue weighted by Gasteiger charge is 2.40. The van der Waals surface area contributed by atoms with Gasteiger partial charge < -0.3 is 10.8 Å². The van der Waals surface area contributed by atoms with Gasteiger partial charge >= 0.3 is 0 Å². The fraction of sp³-hybridized carbons (Fsp3) is 0.500. The van der Waals surface area contributed by atoms with Crippen molar-refractivity contribution in [1.29, 1.82) is 0 Å². The van der Waals surface area contributed by atoms with E-state index < -0.39 is 26.3 Å². The molecule has 1 aromatic rings. The highest BCUT2D eigenvalue weighted by atomic mass is 32.2. The monoisotopic (exact) mass is 288 g/mol. The minimum Gasteiger partial charge on any atom is -0.398 e. The van der Waals surface area contributed by atoms with Crippen molar-refractivity contribution >= 4 is 15.7 Å². The molecule has 0 aliphatic heterocycles. The largest absolute Gasteiger partial charge is 0.398 e. The van der Waals surface area contributed by atoms with Crippen molar-refractivity contribution < 1.29 is 17.9 Å². The number of hydrogen-bond donors (Lipinski definition) is 3. The van der Waals surface area contributed by atoms with E-state index in [1.165, 1.54) is 0 Å². The number of hydrogen-bond acceptors (Lipinski definition) is 4. The first kappa shape index (κ1) is 14.2. The number of anilines is 1. The highest BCUT2D eigenvalue weighted by molar-refractivity contribution is 7.89. The number of nitrogens with two attached hydrogens (primary N) is 1. The van der Waals surface area contributed by atoms with Gasteiger partial charge in [-0.2, -0.15) is 0 Å². The standard InChI is InChI=1S/C12H17FN2O3S/c1-8-5-9(13)11(6-10(8)14)19(17,18)15-12(7-16)3-2-4-12/h5-6,15-16H,2-4,7,14H2,1H3. The summed E-state index contributed by atoms with van der Waals surface area (Å²) in [7, 11) is -4.03. The molecule has 1 fully saturated rings. The molecule has 5 nitrogen and oxygen atoms in total. The normalized spacial score (nSPS) is 18.1. The van der Waals surface area contributed by atoms with E-state index in [9.17, 15) is 17.9 Å². The van der Waals surface area contributed by atoms with Crippen LogP contribution >= 0.6 is 0 Å². The van der Waals surface area contributed by atoms with Crippen molar-refractivity contribution in [2.24, 2.45) is 0 Å². The number of rotatable bonds is 4. The second-order valence-corrected chi connectivity index (χ2v) is 6.69. The Labute approximate surface area is 111 Å². The molecule has 2 rings (SSSR count). The number of aliphatic hydroxyl groups excluding tert-OH is 1. The number of nitrogen functional groups attached to an aromatic ring is 1. The Bertz CT molecular complexity index is 592. The number of sulfonamides is 1. The molecule has 1 saturated carbocycles. The Morgan fingerprint density at radius 1 is 1.47 bits per heavy atom. The fourth-order valence-electron chi connectivity index (χ4n) is 2.11. The third kappa shape index (κ3) is 2.58. The summed E-state index contributed by atoms with van der Waals surface area (Å²) in [5.74, 6) is -0.841. The molecule has 1 aliphatic carbocycles. The van der Waals surface area contributed by atoms with Crippen LogP contribution in [-0.2, 0) is 10.0 Å². The molecule has 7 heteroatoms. The van der Waals surface area contributed by atoms with Gasteiger partial charge in [-0.25, -0.2) is 17.5 Å². The number of aryl methyl sites for hydroxylation is 1. The van der Waals surface area contributed by atoms with Crippen LogP contribution in [0.4, 0.5) is 10.1 Å². The zero-order chi connectivity index (χ0) is 14.3. The van der Waals surface area contributed by atoms with E-state index in [4.69, 9.17) is 5.73 Å². The lowest BCUT2D eigenvalue weighted by Gasteiger charge is -2.40. The van der Waals surface area contributed by atoms with Crippen molar-refractivity contribution in [1.82, 2.24) is 4.72 Å². The molecule has 1 aromatic carbocycles. The van der Waals surface area contributed by atoms with E-state index in [1.807, 2.05) is 0 Å². The Hall–Kier alpha value is -1.18. The zero-order valence-corrected chi connectivity index (χ0v) is 11.4. The minimum atomic E-state index is -4.03. The maximum atomic E-state index is 13.8. The molecule has 1 aliphatic rings. The van der Waals surface area contributed by atoms with Gasteiger partial charge in [0.15, 0.2) is 0 Å². The van der Waals surface area contributed by atoms with Crippen molar-refractivity contribution in [3.8, 4) is 0 Å². The summed E-state index contributed by atoms with van der Waals surface area (Å²) in [6.45, 7) is 1.30. The Morgan fingerprint density at radius 3 is 2.58 bits per heavy atom. The molecule has 0 heterocycles. The summed E-state index contributed by atoms with van der Waals surface area (Å²) < 4.78 is 40.5. The van der Waals surface area contributed by atoms with Gasteiger partial charge in [0.25, 0.3) is 0 Å². The first-order chi connectivity index (χ1) is 8.80. The lowest BCUT2D eigenvalue weighted by molar-refractivity contribution is 0.110. The average Bonchev–Trinajstić information content (AvgIpc) is 2.28. The molecule has 106 valence electrons. The molecule has 0 unspecified atom stereocenters. The first-order valence-corrected chi connectivity index (χ1v) is 7.48. The number of benzene rings is 1. The minimum absolute atomic E-state index is 0.216. The van der Waals surface area contributed by atoms with Gasteiger partial charge in [-0.1, -0.05) is 0 Å². The van der Waals surface area contributed by atoms with Gasteiger partial charge in [-0.15, -0.1) is 0 Å². The molecular weight excluding hydrogens is 271 g/mol. The van der Waals surface area contributed by atoms with Gasteiger partial charge in [-0.05, 0) is 43.9 Å². The SMILES string of the molecule is Cc1cc(F)c(S(=O)(=O)NC2(CO)CCC2)cc1N. The summed E-state index contributed by atoms with van der Waals surface area (Å²) in [5, 5.41) is 9.27. The van der Waals surface area contributed by atoms with E-state index in [0.717, 1.165) is 18.6 Å². The van der Waals surface area contributed by atoms with Crippen molar-refractivity contribution in [2.75, 3.05) is 12.3 Å². The van der Waals surface area contributed by atoms with Crippen molar-refractivity contribution in [2.45, 2.75) is 36.6 Å². The molecular formula is C12H17FN2O3S. The third-order valence-electron chi connectivity index (χ3n) is 3.57. The molecule has 19 heavy (non-hydrogen) atoms. The van der Waals surface area contributed by atoms with Crippen molar-refractivity contribution in [3.63, 3.8) is 0 Å². The van der Waals surface area contributed by atoms with Crippen LogP contribution in [0.5, 0.6) is 0 Å². The first-order valence-electron chi connectivity index (χ1n) is 6.00. The van der Waals surface area contributed by atoms with Crippen LogP contribution in [0.2, 0.25) is 0 Å². The van der Waals surface area contributed by atoms with E-state index >= 15 is 0 Å². The van der Waals surface area contributed by atoms with Crippen LogP contribution < -0.4 is 10.5 Å². The van der Waals surface area contributed by atoms with Crippen LogP contribution in [0.25, 0.3) is 0 Å². The molecule has 0 amide bonds. The van der Waals surface area contributed by atoms with Crippen LogP contribution in [0, 0.1) is 12.7 Å². The number of aliphatic hydroxyl groups is 1. The molecule has 0 aromatic heterocycles. The maximum Gasteiger partial charge on any atom is 0.244 e. The molecule has 0 saturated heterocycles. The maximum absolute atomic E-state index is 13.8. The van der Waals surface area contributed by atoms with E-state index in [2.05, 4.69) is 4.72 Å². The van der Waals surface area contributed by atoms with Crippen LogP contribution in [-0.4, -0.2) is 25.7 Å². The zero-order valence-electron chi connectivity index (χ0n) is 10.6. The van der Waals surface area contributed by atoms with Crippen LogP contribution in [0.3, 0.4) is 0 Å². The summed E-state index contributed by atoms with van der Waals surface area (Å²) in [6, 6.07) is 2.20. The fourth-order valence-corrected chi connectivity index (χ4v) is 3.66. The number of nitrogens with one attached hydrogen (secondary N) is 1. The molecule has 0 bridgehead atoms. The summed E-state index contributed by atoms with van der Waals surface area (Å²) in [6.07, 6.45) is 1.93. The number of halogens is 1. The smallest absolute Gasteiger partial charge is 0.244 e. The summed E-state index contributed by atoms with van der Waals surface area (Å²) in [5.41, 5.74) is 5.46. The van der Waals surface area contributed by atoms with E-state index in [0.29, 0.717) is 18.4 Å². The predicted octanol–water partition coefficient (Wildman–Crippen LogP) is 0.910. The average molecular weight is 288 g/mol. The molecule has 4 N–H and O–H groups in total. The van der Waals surface area contributed by atoms with Gasteiger partial charge in [0.1, 0.15) is 10.7 Å². The second-order valence-electron chi connectivity index (χ2n) is 5.04. The lowest BCUT2D eigenvalue weighted by Crippen LogP contribution is -2.56. The van der Waals surface area contributed by atoms with Gasteiger partial charge in [0.05, 0.1) is 12.1 Å². The molecule has 0 radical (unpaired) electrons. The lowest BCUT2D eigenvalue weighted by atomic mass is 9.78. The predicted molar refractivity (Wildman–Crippen MR) is 69.5 cm³/mol.